The molecule has 2 amide bonds. The van der Waals surface area contributed by atoms with E-state index in [1.54, 1.807) is 23.1 Å². The Morgan fingerprint density at radius 1 is 0.980 bits per heavy atom. The molecule has 3 aromatic rings. The summed E-state index contributed by atoms with van der Waals surface area (Å²) >= 11 is 0. The number of rotatable bonds is 3. The molecule has 12 heteroatoms. The minimum Gasteiger partial charge on any atom is -0.475 e. The summed E-state index contributed by atoms with van der Waals surface area (Å²) in [5.41, 5.74) is 2.80. The molecule has 1 aromatic heterocycles. The maximum atomic E-state index is 14.7. The third-order valence-electron chi connectivity index (χ3n) is 9.41. The van der Waals surface area contributed by atoms with Crippen molar-refractivity contribution in [3.63, 3.8) is 0 Å². The highest BCUT2D eigenvalue weighted by Crippen LogP contribution is 2.46. The zero-order valence-corrected chi connectivity index (χ0v) is 30.4. The lowest BCUT2D eigenvalue weighted by molar-refractivity contribution is -0.0859. The fourth-order valence-corrected chi connectivity index (χ4v) is 8.47. The highest BCUT2D eigenvalue weighted by molar-refractivity contribution is 7.92. The monoisotopic (exact) mass is 689 g/mol. The first-order valence-electron chi connectivity index (χ1n) is 16.9. The molecule has 1 saturated carbocycles. The van der Waals surface area contributed by atoms with Gasteiger partial charge in [-0.1, -0.05) is 45.0 Å². The number of likely N-dealkylation sites (tertiary alicyclic amines) is 1. The molecule has 3 aliphatic rings. The van der Waals surface area contributed by atoms with E-state index in [0.717, 1.165) is 23.1 Å². The van der Waals surface area contributed by atoms with Crippen molar-refractivity contribution in [1.29, 1.82) is 0 Å². The third-order valence-corrected chi connectivity index (χ3v) is 10.7. The number of hydrogen-bond donors (Lipinski definition) is 1. The van der Waals surface area contributed by atoms with Crippen LogP contribution in [-0.4, -0.2) is 77.6 Å². The SMILES string of the molecule is Cc1cccc(C)c1-c1cc2nc(n1)NS(=O)(=O)c1cccc(c1)C(=O)N(C1[C@@H]3C[C@H]1CN(C(=O)OC(C)(C)C)C3)[C@H](CC(C)(C)C)CO2. The van der Waals surface area contributed by atoms with E-state index < -0.39 is 15.6 Å². The summed E-state index contributed by atoms with van der Waals surface area (Å²) in [6.07, 6.45) is 1.14. The van der Waals surface area contributed by atoms with E-state index in [1.165, 1.54) is 12.1 Å². The predicted molar refractivity (Wildman–Crippen MR) is 187 cm³/mol. The molecule has 4 atom stereocenters. The molecule has 1 saturated heterocycles. The van der Waals surface area contributed by atoms with Crippen molar-refractivity contribution in [3.8, 4) is 17.1 Å². The van der Waals surface area contributed by atoms with Crippen LogP contribution in [0.15, 0.2) is 53.4 Å². The summed E-state index contributed by atoms with van der Waals surface area (Å²) in [6, 6.07) is 13.2. The first-order valence-corrected chi connectivity index (χ1v) is 18.4. The second-order valence-electron chi connectivity index (χ2n) is 15.9. The van der Waals surface area contributed by atoms with Crippen LogP contribution in [0.4, 0.5) is 10.7 Å². The first kappa shape index (κ1) is 34.7. The molecule has 2 aliphatic heterocycles. The molecule has 6 bridgehead atoms. The number of hydrogen-bond acceptors (Lipinski definition) is 8. The maximum Gasteiger partial charge on any atom is 0.410 e. The zero-order valence-electron chi connectivity index (χ0n) is 29.6. The number of aryl methyl sites for hydroxylation is 2. The molecule has 1 aliphatic carbocycles. The Hall–Kier alpha value is -4.19. The summed E-state index contributed by atoms with van der Waals surface area (Å²) in [6.45, 7) is 16.9. The van der Waals surface area contributed by atoms with Crippen LogP contribution in [0.3, 0.4) is 0 Å². The van der Waals surface area contributed by atoms with Gasteiger partial charge in [0.1, 0.15) is 12.2 Å². The van der Waals surface area contributed by atoms with Gasteiger partial charge in [-0.2, -0.15) is 4.98 Å². The molecule has 11 nitrogen and oxygen atoms in total. The van der Waals surface area contributed by atoms with Crippen LogP contribution in [0, 0.1) is 31.1 Å². The van der Waals surface area contributed by atoms with Crippen molar-refractivity contribution in [2.45, 2.75) is 90.8 Å². The minimum absolute atomic E-state index is 0.0308. The fraction of sp³-hybridized carbons (Fsp3) is 0.514. The average Bonchev–Trinajstić information content (AvgIpc) is 2.99. The number of sulfonamides is 1. The topological polar surface area (TPSA) is 131 Å². The molecule has 49 heavy (non-hydrogen) atoms. The molecule has 6 rings (SSSR count). The standard InChI is InChI=1S/C37H47N5O6S/c1-22-11-9-12-23(2)31(22)29-17-30-39-34(38-29)40-49(45,46)28-14-10-13-24(16-28)33(43)42(27(21-47-30)18-36(3,4)5)32-25-15-26(32)20-41(19-25)35(44)48-37(6,7)8/h9-14,16-17,25-27,32H,15,18-21H2,1-8H3,(H,38,39,40)/t25-,26+,27-,32?/m1/s1. The molecule has 3 heterocycles. The number of carbonyl (C=O) groups excluding carboxylic acids is 2. The second-order valence-corrected chi connectivity index (χ2v) is 17.6. The molecule has 0 spiro atoms. The maximum absolute atomic E-state index is 14.7. The van der Waals surface area contributed by atoms with Crippen molar-refractivity contribution in [1.82, 2.24) is 19.8 Å². The van der Waals surface area contributed by atoms with E-state index in [0.29, 0.717) is 25.2 Å². The molecule has 1 unspecified atom stereocenters. The predicted octanol–water partition coefficient (Wildman–Crippen LogP) is 6.46. The van der Waals surface area contributed by atoms with Gasteiger partial charge in [0.15, 0.2) is 0 Å². The van der Waals surface area contributed by atoms with Crippen LogP contribution in [0.2, 0.25) is 0 Å². The number of aromatic nitrogens is 2. The largest absolute Gasteiger partial charge is 0.475 e. The summed E-state index contributed by atoms with van der Waals surface area (Å²) in [5, 5.41) is 0. The van der Waals surface area contributed by atoms with Crippen molar-refractivity contribution in [3.05, 3.63) is 65.2 Å². The van der Waals surface area contributed by atoms with Gasteiger partial charge in [0, 0.05) is 36.3 Å². The van der Waals surface area contributed by atoms with Crippen LogP contribution >= 0.6 is 0 Å². The van der Waals surface area contributed by atoms with Crippen molar-refractivity contribution >= 4 is 28.0 Å². The highest BCUT2D eigenvalue weighted by atomic mass is 32.2. The first-order chi connectivity index (χ1) is 22.9. The lowest BCUT2D eigenvalue weighted by Crippen LogP contribution is -2.68. The molecule has 2 fully saturated rings. The Bertz CT molecular complexity index is 1850. The van der Waals surface area contributed by atoms with Gasteiger partial charge < -0.3 is 19.3 Å². The van der Waals surface area contributed by atoms with Gasteiger partial charge in [-0.3, -0.25) is 4.79 Å². The number of ether oxygens (including phenoxy) is 2. The Balaban J connectivity index is 1.44. The summed E-state index contributed by atoms with van der Waals surface area (Å²) in [5.74, 6) is -0.126. The van der Waals surface area contributed by atoms with Gasteiger partial charge in [-0.25, -0.2) is 22.9 Å². The number of benzene rings is 2. The molecule has 1 N–H and O–H groups in total. The Morgan fingerprint density at radius 3 is 2.27 bits per heavy atom. The Morgan fingerprint density at radius 2 is 1.63 bits per heavy atom. The lowest BCUT2D eigenvalue weighted by atomic mass is 9.64. The second kappa shape index (κ2) is 12.6. The van der Waals surface area contributed by atoms with Crippen molar-refractivity contribution < 1.29 is 27.5 Å². The Labute approximate surface area is 289 Å². The molecule has 262 valence electrons. The lowest BCUT2D eigenvalue weighted by Gasteiger charge is -2.58. The van der Waals surface area contributed by atoms with Gasteiger partial charge in [-0.15, -0.1) is 0 Å². The smallest absolute Gasteiger partial charge is 0.410 e. The number of carbonyl (C=O) groups is 2. The number of nitrogens with zero attached hydrogens (tertiary/aromatic N) is 4. The number of piperidine rings is 2. The van der Waals surface area contributed by atoms with Crippen molar-refractivity contribution in [2.24, 2.45) is 17.3 Å². The van der Waals surface area contributed by atoms with Gasteiger partial charge >= 0.3 is 6.09 Å². The summed E-state index contributed by atoms with van der Waals surface area (Å²) in [7, 11) is -4.18. The number of anilines is 1. The third kappa shape index (κ3) is 7.39. The van der Waals surface area contributed by atoms with Crippen molar-refractivity contribution in [2.75, 3.05) is 24.4 Å². The van der Waals surface area contributed by atoms with Crippen LogP contribution in [0.25, 0.3) is 11.3 Å². The number of nitrogens with one attached hydrogen (secondary N) is 1. The van der Waals surface area contributed by atoms with E-state index in [9.17, 15) is 18.0 Å². The summed E-state index contributed by atoms with van der Waals surface area (Å²) < 4.78 is 42.2. The van der Waals surface area contributed by atoms with E-state index >= 15 is 0 Å². The summed E-state index contributed by atoms with van der Waals surface area (Å²) in [4.78, 5) is 40.5. The highest BCUT2D eigenvalue weighted by Gasteiger charge is 2.54. The van der Waals surface area contributed by atoms with Gasteiger partial charge in [-0.05, 0) is 94.0 Å². The van der Waals surface area contributed by atoms with Gasteiger partial charge in [0.25, 0.3) is 15.9 Å². The number of amides is 2. The normalized spacial score (nSPS) is 23.6. The van der Waals surface area contributed by atoms with Crippen LogP contribution < -0.4 is 9.46 Å². The van der Waals surface area contributed by atoms with Gasteiger partial charge in [0.05, 0.1) is 16.6 Å². The zero-order chi connectivity index (χ0) is 35.5. The van der Waals surface area contributed by atoms with Crippen LogP contribution in [-0.2, 0) is 14.8 Å². The van der Waals surface area contributed by atoms with E-state index in [4.69, 9.17) is 9.47 Å². The van der Waals surface area contributed by atoms with E-state index in [2.05, 4.69) is 35.5 Å². The molecule has 0 radical (unpaired) electrons. The Kier molecular flexibility index (Phi) is 8.92. The molecule has 2 aromatic carbocycles. The molecular weight excluding hydrogens is 643 g/mol. The average molecular weight is 690 g/mol. The van der Waals surface area contributed by atoms with Gasteiger partial charge in [0.2, 0.25) is 11.8 Å². The quantitative estimate of drug-likeness (QED) is 0.332. The van der Waals surface area contributed by atoms with E-state index in [1.807, 2.05) is 57.7 Å². The fourth-order valence-electron chi connectivity index (χ4n) is 7.48. The van der Waals surface area contributed by atoms with Crippen LogP contribution in [0.5, 0.6) is 5.88 Å². The number of fused-ring (bicyclic) bond motifs is 6. The minimum atomic E-state index is -4.18. The van der Waals surface area contributed by atoms with Crippen LogP contribution in [0.1, 0.15) is 75.9 Å². The molecular formula is C37H47N5O6S. The van der Waals surface area contributed by atoms with E-state index in [-0.39, 0.29) is 70.2 Å².